The first-order chi connectivity index (χ1) is 56.1. The van der Waals surface area contributed by atoms with Gasteiger partial charge < -0.3 is 33.8 Å². The third-order valence-corrected chi connectivity index (χ3v) is 25.0. The lowest BCUT2D eigenvalue weighted by atomic mass is 9.99. The topological polar surface area (TPSA) is 237 Å². The standard InChI is InChI=1S/C96H188O17P2/c1-6-10-13-16-19-22-25-28-31-34-37-39-41-44-46-49-52-55-58-64-69-74-79-93(98)106-85-91(112-95(100)81-76-72-67-60-57-54-51-48-45-42-40-38-35-32-29-26-23-20-17-14-11-7-2)87-110-114(102,103)108-83-90(97)84-109-115(104,105)111-88-92(86-107-94(99)80-75-70-65-62-61-63-68-73-78-89(5)9-4)113-96(101)82-77-71-66-59-56-53-50-47-43-36-33-30-27-24-21-18-15-12-8-3/h89-92,97H,6-88H2,1-5H3,(H,102,103)(H,104,105)/t89?,90-,91-,92-/m1/s1. The van der Waals surface area contributed by atoms with Crippen molar-refractivity contribution in [3.05, 3.63) is 0 Å². The molecule has 0 rings (SSSR count). The van der Waals surface area contributed by atoms with E-state index in [9.17, 15) is 43.2 Å². The van der Waals surface area contributed by atoms with Gasteiger partial charge in [-0.1, -0.05) is 478 Å². The first-order valence-corrected chi connectivity index (χ1v) is 52.7. The van der Waals surface area contributed by atoms with E-state index in [2.05, 4.69) is 34.6 Å². The summed E-state index contributed by atoms with van der Waals surface area (Å²) >= 11 is 0. The number of hydrogen-bond acceptors (Lipinski definition) is 15. The Balaban J connectivity index is 5.23. The summed E-state index contributed by atoms with van der Waals surface area (Å²) in [6, 6.07) is 0. The number of unbranched alkanes of at least 4 members (excludes halogenated alkanes) is 67. The fourth-order valence-corrected chi connectivity index (χ4v) is 16.8. The number of ether oxygens (including phenoxy) is 4. The molecule has 115 heavy (non-hydrogen) atoms. The Hall–Kier alpha value is -1.94. The van der Waals surface area contributed by atoms with Gasteiger partial charge in [0.05, 0.1) is 26.4 Å². The maximum atomic E-state index is 13.2. The van der Waals surface area contributed by atoms with Gasteiger partial charge in [-0.25, -0.2) is 9.13 Å². The lowest BCUT2D eigenvalue weighted by Crippen LogP contribution is -2.30. The predicted octanol–water partition coefficient (Wildman–Crippen LogP) is 30.3. The van der Waals surface area contributed by atoms with Crippen molar-refractivity contribution in [2.75, 3.05) is 39.6 Å². The summed E-state index contributed by atoms with van der Waals surface area (Å²) in [5.41, 5.74) is 0. The van der Waals surface area contributed by atoms with Gasteiger partial charge in [-0.05, 0) is 31.6 Å². The molecule has 0 aliphatic rings. The highest BCUT2D eigenvalue weighted by Crippen LogP contribution is 2.45. The van der Waals surface area contributed by atoms with Crippen LogP contribution in [-0.2, 0) is 65.4 Å². The third kappa shape index (κ3) is 88.2. The first kappa shape index (κ1) is 113. The van der Waals surface area contributed by atoms with E-state index in [4.69, 9.17) is 37.0 Å². The summed E-state index contributed by atoms with van der Waals surface area (Å²) in [5.74, 6) is -1.31. The molecule has 0 fully saturated rings. The minimum absolute atomic E-state index is 0.109. The molecule has 0 radical (unpaired) electrons. The monoisotopic (exact) mass is 1680 g/mol. The Bertz CT molecular complexity index is 2170. The van der Waals surface area contributed by atoms with Crippen LogP contribution in [0.5, 0.6) is 0 Å². The van der Waals surface area contributed by atoms with E-state index in [1.165, 1.54) is 353 Å². The number of hydrogen-bond donors (Lipinski definition) is 3. The molecule has 0 amide bonds. The van der Waals surface area contributed by atoms with Crippen molar-refractivity contribution in [1.82, 2.24) is 0 Å². The van der Waals surface area contributed by atoms with Crippen LogP contribution in [0.25, 0.3) is 0 Å². The first-order valence-electron chi connectivity index (χ1n) is 49.7. The summed E-state index contributed by atoms with van der Waals surface area (Å²) in [7, 11) is -9.94. The largest absolute Gasteiger partial charge is 0.472 e. The average Bonchev–Trinajstić information content (AvgIpc) is 0.896. The van der Waals surface area contributed by atoms with E-state index in [0.717, 1.165) is 95.8 Å². The molecule has 0 spiro atoms. The van der Waals surface area contributed by atoms with Gasteiger partial charge in [0.15, 0.2) is 12.2 Å². The normalized spacial score (nSPS) is 13.8. The van der Waals surface area contributed by atoms with Gasteiger partial charge in [0.1, 0.15) is 19.3 Å². The molecule has 0 saturated carbocycles. The van der Waals surface area contributed by atoms with E-state index in [0.29, 0.717) is 25.7 Å². The number of carbonyl (C=O) groups excluding carboxylic acids is 4. The molecule has 0 aromatic carbocycles. The third-order valence-electron chi connectivity index (χ3n) is 23.1. The van der Waals surface area contributed by atoms with Crippen molar-refractivity contribution in [2.24, 2.45) is 5.92 Å². The van der Waals surface area contributed by atoms with Gasteiger partial charge in [-0.3, -0.25) is 37.3 Å². The number of esters is 4. The lowest BCUT2D eigenvalue weighted by molar-refractivity contribution is -0.161. The number of carbonyl (C=O) groups is 4. The molecule has 684 valence electrons. The number of aliphatic hydroxyl groups is 1. The Morgan fingerprint density at radius 1 is 0.243 bits per heavy atom. The van der Waals surface area contributed by atoms with Crippen LogP contribution in [0.15, 0.2) is 0 Å². The Morgan fingerprint density at radius 2 is 0.417 bits per heavy atom. The minimum Gasteiger partial charge on any atom is -0.462 e. The van der Waals surface area contributed by atoms with Gasteiger partial charge in [0.25, 0.3) is 0 Å². The van der Waals surface area contributed by atoms with Crippen LogP contribution < -0.4 is 0 Å². The predicted molar refractivity (Wildman–Crippen MR) is 479 cm³/mol. The summed E-state index contributed by atoms with van der Waals surface area (Å²) in [6.07, 6.45) is 86.4. The number of phosphoric acid groups is 2. The maximum absolute atomic E-state index is 13.2. The van der Waals surface area contributed by atoms with E-state index in [1.54, 1.807) is 0 Å². The zero-order chi connectivity index (χ0) is 84.0. The van der Waals surface area contributed by atoms with Crippen LogP contribution in [0.2, 0.25) is 0 Å². The summed E-state index contributed by atoms with van der Waals surface area (Å²) < 4.78 is 69.2. The molecule has 0 heterocycles. The highest BCUT2D eigenvalue weighted by atomic mass is 31.2. The zero-order valence-electron chi connectivity index (χ0n) is 76.0. The van der Waals surface area contributed by atoms with E-state index >= 15 is 0 Å². The van der Waals surface area contributed by atoms with Crippen molar-refractivity contribution in [1.29, 1.82) is 0 Å². The molecule has 0 aromatic rings. The van der Waals surface area contributed by atoms with Crippen LogP contribution in [0.4, 0.5) is 0 Å². The highest BCUT2D eigenvalue weighted by molar-refractivity contribution is 7.47. The van der Waals surface area contributed by atoms with E-state index in [-0.39, 0.29) is 25.7 Å². The molecule has 0 saturated heterocycles. The minimum atomic E-state index is -4.97. The highest BCUT2D eigenvalue weighted by Gasteiger charge is 2.31. The molecular weight excluding hydrogens is 1490 g/mol. The Kier molecular flexibility index (Phi) is 86.9. The number of aliphatic hydroxyl groups excluding tert-OH is 1. The van der Waals surface area contributed by atoms with E-state index in [1.807, 2.05) is 0 Å². The van der Waals surface area contributed by atoms with Crippen LogP contribution >= 0.6 is 15.6 Å². The second-order valence-electron chi connectivity index (χ2n) is 34.7. The van der Waals surface area contributed by atoms with Crippen LogP contribution in [0, 0.1) is 5.92 Å². The van der Waals surface area contributed by atoms with Crippen molar-refractivity contribution in [3.8, 4) is 0 Å². The van der Waals surface area contributed by atoms with Gasteiger partial charge in [0, 0.05) is 25.7 Å². The molecule has 19 heteroatoms. The molecule has 0 aromatic heterocycles. The van der Waals surface area contributed by atoms with Crippen molar-refractivity contribution < 1.29 is 80.2 Å². The van der Waals surface area contributed by atoms with Gasteiger partial charge in [-0.15, -0.1) is 0 Å². The van der Waals surface area contributed by atoms with Crippen LogP contribution in [0.1, 0.15) is 529 Å². The second-order valence-corrected chi connectivity index (χ2v) is 37.6. The molecule has 3 N–H and O–H groups in total. The molecular formula is C96H188O17P2. The lowest BCUT2D eigenvalue weighted by Gasteiger charge is -2.21. The number of phosphoric ester groups is 2. The number of rotatable bonds is 96. The van der Waals surface area contributed by atoms with Crippen molar-refractivity contribution in [2.45, 2.75) is 547 Å². The molecule has 0 aliphatic heterocycles. The summed E-state index contributed by atoms with van der Waals surface area (Å²) in [6.45, 7) is 7.42. The molecule has 0 aliphatic carbocycles. The zero-order valence-corrected chi connectivity index (χ0v) is 77.7. The molecule has 3 unspecified atom stereocenters. The van der Waals surface area contributed by atoms with Gasteiger partial charge in [-0.2, -0.15) is 0 Å². The van der Waals surface area contributed by atoms with Gasteiger partial charge >= 0.3 is 39.5 Å². The Labute approximate surface area is 708 Å². The van der Waals surface area contributed by atoms with Crippen molar-refractivity contribution >= 4 is 39.5 Å². The molecule has 0 bridgehead atoms. The molecule has 17 nitrogen and oxygen atoms in total. The maximum Gasteiger partial charge on any atom is 0.472 e. The summed E-state index contributed by atoms with van der Waals surface area (Å²) in [4.78, 5) is 73.6. The second kappa shape index (κ2) is 88.4. The van der Waals surface area contributed by atoms with Crippen molar-refractivity contribution in [3.63, 3.8) is 0 Å². The quantitative estimate of drug-likeness (QED) is 0.0222. The van der Waals surface area contributed by atoms with E-state index < -0.39 is 97.5 Å². The fourth-order valence-electron chi connectivity index (χ4n) is 15.2. The fraction of sp³-hybridized carbons (Fsp3) is 0.958. The van der Waals surface area contributed by atoms with Crippen LogP contribution in [-0.4, -0.2) is 96.7 Å². The average molecular weight is 1680 g/mol. The molecule has 6 atom stereocenters. The summed E-state index contributed by atoms with van der Waals surface area (Å²) in [5, 5.41) is 10.7. The SMILES string of the molecule is CCCCCCCCCCCCCCCCCCCCCCCCC(=O)OC[C@H](COP(=O)(O)OC[C@@H](O)COP(=O)(O)OC[C@@H](COC(=O)CCCCCCCCCCC(C)CC)OC(=O)CCCCCCCCCCCCCCCCCCCCC)OC(=O)CCCCCCCCCCCCCCCCCCCCCCCC. The van der Waals surface area contributed by atoms with Gasteiger partial charge in [0.2, 0.25) is 0 Å². The van der Waals surface area contributed by atoms with Crippen LogP contribution in [0.3, 0.4) is 0 Å². The smallest absolute Gasteiger partial charge is 0.462 e. The Morgan fingerprint density at radius 3 is 0.617 bits per heavy atom.